The van der Waals surface area contributed by atoms with Gasteiger partial charge >= 0.3 is 0 Å². The number of hydrogen-bond acceptors (Lipinski definition) is 6. The summed E-state index contributed by atoms with van der Waals surface area (Å²) in [6.07, 6.45) is 11.1. The summed E-state index contributed by atoms with van der Waals surface area (Å²) in [5, 5.41) is 20.9. The number of nitrogens with zero attached hydrogens (tertiary/aromatic N) is 3. The van der Waals surface area contributed by atoms with Crippen molar-refractivity contribution >= 4 is 29.4 Å². The minimum absolute atomic E-state index is 0.173. The van der Waals surface area contributed by atoms with Crippen LogP contribution in [0.5, 0.6) is 0 Å². The van der Waals surface area contributed by atoms with Gasteiger partial charge in [-0.2, -0.15) is 4.98 Å². The number of allylic oxidation sites excluding steroid dienone is 1. The Kier molecular flexibility index (Phi) is 17.8. The Bertz CT molecular complexity index is 1020. The molecule has 0 spiro atoms. The fraction of sp³-hybridized carbons (Fsp3) is 0.656. The number of fused-ring (bicyclic) bond motifs is 1. The quantitative estimate of drug-likeness (QED) is 0.167. The molecule has 39 heavy (non-hydrogen) atoms. The number of anilines is 2. The third kappa shape index (κ3) is 11.1. The van der Waals surface area contributed by atoms with E-state index in [1.54, 1.807) is 0 Å². The van der Waals surface area contributed by atoms with Crippen LogP contribution in [-0.4, -0.2) is 36.3 Å². The van der Waals surface area contributed by atoms with Crippen LogP contribution in [0.15, 0.2) is 24.4 Å². The molecule has 0 aliphatic carbocycles. The van der Waals surface area contributed by atoms with Crippen molar-refractivity contribution in [2.24, 2.45) is 5.92 Å². The fourth-order valence-corrected chi connectivity index (χ4v) is 5.06. The molecule has 216 valence electrons. The Morgan fingerprint density at radius 2 is 1.69 bits per heavy atom. The maximum atomic E-state index is 9.27. The summed E-state index contributed by atoms with van der Waals surface area (Å²) in [6, 6.07) is 4.50. The van der Waals surface area contributed by atoms with E-state index in [1.165, 1.54) is 30.4 Å². The van der Waals surface area contributed by atoms with Crippen LogP contribution in [0.1, 0.15) is 98.1 Å². The van der Waals surface area contributed by atoms with Gasteiger partial charge in [0.15, 0.2) is 0 Å². The third-order valence-electron chi connectivity index (χ3n) is 7.21. The molecule has 1 aromatic heterocycles. The maximum Gasteiger partial charge on any atom is 0.268 e. The van der Waals surface area contributed by atoms with Gasteiger partial charge in [0.05, 0.1) is 5.52 Å². The first-order valence-corrected chi connectivity index (χ1v) is 15.7. The van der Waals surface area contributed by atoms with Gasteiger partial charge in [0.25, 0.3) is 6.71 Å². The summed E-state index contributed by atoms with van der Waals surface area (Å²) in [4.78, 5) is 9.71. The molecule has 1 aromatic carbocycles. The van der Waals surface area contributed by atoms with Crippen LogP contribution in [0.3, 0.4) is 0 Å². The molecule has 1 atom stereocenters. The lowest BCUT2D eigenvalue weighted by Crippen LogP contribution is -2.30. The van der Waals surface area contributed by atoms with E-state index in [2.05, 4.69) is 61.4 Å². The zero-order valence-corrected chi connectivity index (χ0v) is 26.1. The van der Waals surface area contributed by atoms with Gasteiger partial charge in [-0.1, -0.05) is 93.4 Å². The van der Waals surface area contributed by atoms with Gasteiger partial charge in [-0.05, 0) is 54.9 Å². The normalized spacial score (nSPS) is 14.3. The third-order valence-corrected chi connectivity index (χ3v) is 7.21. The predicted octanol–water partition coefficient (Wildman–Crippen LogP) is 8.28. The highest BCUT2D eigenvalue weighted by Crippen LogP contribution is 2.29. The smallest absolute Gasteiger partial charge is 0.268 e. The Hall–Kier alpha value is -2.75. The molecule has 3 N–H and O–H groups in total. The lowest BCUT2D eigenvalue weighted by molar-refractivity contribution is 0.534. The molecule has 1 fully saturated rings. The Morgan fingerprint density at radius 1 is 0.974 bits per heavy atom. The molecule has 0 bridgehead atoms. The topological polar surface area (TPSA) is 85.7 Å². The van der Waals surface area contributed by atoms with Gasteiger partial charge < -0.3 is 16.0 Å². The molecule has 0 amide bonds. The van der Waals surface area contributed by atoms with Crippen molar-refractivity contribution in [2.75, 3.05) is 30.3 Å². The van der Waals surface area contributed by atoms with E-state index >= 15 is 0 Å². The molecule has 3 rings (SSSR count). The highest BCUT2D eigenvalue weighted by Gasteiger charge is 2.26. The van der Waals surface area contributed by atoms with Crippen LogP contribution in [0.2, 0.25) is 12.6 Å². The van der Waals surface area contributed by atoms with E-state index in [4.69, 9.17) is 9.97 Å². The molecule has 0 saturated carbocycles. The Labute approximate surface area is 239 Å². The van der Waals surface area contributed by atoms with E-state index in [9.17, 15) is 5.26 Å². The molecule has 1 aliphatic rings. The lowest BCUT2D eigenvalue weighted by atomic mass is 9.41. The second kappa shape index (κ2) is 20.2. The second-order valence-corrected chi connectivity index (χ2v) is 9.80. The van der Waals surface area contributed by atoms with Gasteiger partial charge in [-0.3, -0.25) is 0 Å². The molecular formula is C32H55BN6. The molecule has 2 heterocycles. The monoisotopic (exact) mass is 534 g/mol. The highest BCUT2D eigenvalue weighted by molar-refractivity contribution is 6.67. The van der Waals surface area contributed by atoms with Crippen molar-refractivity contribution in [1.29, 1.82) is 5.26 Å². The first-order chi connectivity index (χ1) is 19.1. The second-order valence-electron chi connectivity index (χ2n) is 9.80. The van der Waals surface area contributed by atoms with Crippen LogP contribution in [0.25, 0.3) is 10.9 Å². The number of aryl methyl sites for hydroxylation is 2. The van der Waals surface area contributed by atoms with E-state index in [0.29, 0.717) is 11.9 Å². The SMILES string of the molecule is C=C(NCCNc1nc(NCCCCCC)nc2cc(CC)c(CC)cc12)C1CCCB(C#N)C1.CC.CC. The minimum Gasteiger partial charge on any atom is -0.387 e. The van der Waals surface area contributed by atoms with Crippen LogP contribution in [0.4, 0.5) is 11.8 Å². The van der Waals surface area contributed by atoms with Crippen LogP contribution in [-0.2, 0) is 12.8 Å². The number of unbranched alkanes of at least 4 members (excludes halogenated alkanes) is 3. The number of hydrogen-bond donors (Lipinski definition) is 3. The van der Waals surface area contributed by atoms with Crippen LogP contribution < -0.4 is 16.0 Å². The summed E-state index contributed by atoms with van der Waals surface area (Å²) in [5.74, 6) is 4.43. The molecule has 0 radical (unpaired) electrons. The summed E-state index contributed by atoms with van der Waals surface area (Å²) in [7, 11) is 0. The molecule has 6 nitrogen and oxygen atoms in total. The first kappa shape index (κ1) is 34.3. The molecule has 1 unspecified atom stereocenters. The van der Waals surface area contributed by atoms with Crippen molar-refractivity contribution in [3.63, 3.8) is 0 Å². The fourth-order valence-electron chi connectivity index (χ4n) is 5.06. The zero-order chi connectivity index (χ0) is 29.0. The van der Waals surface area contributed by atoms with Crippen molar-refractivity contribution < 1.29 is 0 Å². The number of nitrogens with one attached hydrogen (secondary N) is 3. The van der Waals surface area contributed by atoms with E-state index < -0.39 is 0 Å². The number of aromatic nitrogens is 2. The first-order valence-electron chi connectivity index (χ1n) is 15.7. The molecule has 7 heteroatoms. The standard InChI is InChI=1S/C28H43BN6.2C2H6/c1-5-8-9-10-14-33-28-34-26-18-23(7-3)22(6-2)17-25(26)27(35-28)32-16-15-31-21(4)24-12-11-13-29(19-24)20-30;2*1-2/h17-18,24,31H,4-16,19H2,1-3H3,(H2,32,33,34,35);2*1-2H3. The number of rotatable bonds is 14. The van der Waals surface area contributed by atoms with Crippen LogP contribution in [0, 0.1) is 17.1 Å². The summed E-state index contributed by atoms with van der Waals surface area (Å²) < 4.78 is 0. The number of nitriles is 1. The van der Waals surface area contributed by atoms with Crippen molar-refractivity contribution in [3.8, 4) is 5.97 Å². The van der Waals surface area contributed by atoms with E-state index in [1.807, 2.05) is 27.7 Å². The molecular weight excluding hydrogens is 479 g/mol. The highest BCUT2D eigenvalue weighted by atomic mass is 15.1. The average Bonchev–Trinajstić information content (AvgIpc) is 3.00. The predicted molar refractivity (Wildman–Crippen MR) is 173 cm³/mol. The summed E-state index contributed by atoms with van der Waals surface area (Å²) >= 11 is 0. The van der Waals surface area contributed by atoms with Crippen molar-refractivity contribution in [2.45, 2.75) is 112 Å². The number of benzene rings is 1. The maximum absolute atomic E-state index is 9.27. The van der Waals surface area contributed by atoms with Gasteiger partial charge in [0.1, 0.15) is 5.82 Å². The van der Waals surface area contributed by atoms with Gasteiger partial charge in [0.2, 0.25) is 5.95 Å². The van der Waals surface area contributed by atoms with Gasteiger partial charge in [0, 0.05) is 36.7 Å². The van der Waals surface area contributed by atoms with Crippen molar-refractivity contribution in [3.05, 3.63) is 35.5 Å². The average molecular weight is 535 g/mol. The summed E-state index contributed by atoms with van der Waals surface area (Å²) in [5.41, 5.74) is 4.78. The molecule has 2 aromatic rings. The van der Waals surface area contributed by atoms with Gasteiger partial charge in [-0.15, -0.1) is 0 Å². The van der Waals surface area contributed by atoms with Gasteiger partial charge in [-0.25, -0.2) is 10.2 Å². The zero-order valence-electron chi connectivity index (χ0n) is 26.1. The molecule has 1 saturated heterocycles. The molecule has 1 aliphatic heterocycles. The van der Waals surface area contributed by atoms with E-state index in [0.717, 1.165) is 86.8 Å². The Balaban J connectivity index is 0.00000181. The van der Waals surface area contributed by atoms with Crippen LogP contribution >= 0.6 is 0 Å². The van der Waals surface area contributed by atoms with Crippen molar-refractivity contribution in [1.82, 2.24) is 15.3 Å². The lowest BCUT2D eigenvalue weighted by Gasteiger charge is -2.26. The summed E-state index contributed by atoms with van der Waals surface area (Å²) in [6.45, 7) is 21.5. The minimum atomic E-state index is 0.173. The van der Waals surface area contributed by atoms with E-state index in [-0.39, 0.29) is 6.71 Å². The largest absolute Gasteiger partial charge is 0.387 e. The Morgan fingerprint density at radius 3 is 2.36 bits per heavy atom.